The first kappa shape index (κ1) is 23.2. The number of carbonyl (C=O) groups is 1. The lowest BCUT2D eigenvalue weighted by Gasteiger charge is -2.13. The zero-order chi connectivity index (χ0) is 23.1. The van der Waals surface area contributed by atoms with Gasteiger partial charge in [0.2, 0.25) is 15.8 Å². The van der Waals surface area contributed by atoms with E-state index in [2.05, 4.69) is 14.9 Å². The number of hydrogen-bond acceptors (Lipinski definition) is 9. The smallest absolute Gasteiger partial charge is 0.324 e. The molecule has 0 saturated heterocycles. The van der Waals surface area contributed by atoms with Crippen LogP contribution in [0.15, 0.2) is 57.9 Å². The van der Waals surface area contributed by atoms with Crippen LogP contribution in [0, 0.1) is 0 Å². The molecule has 1 N–H and O–H groups in total. The SMILES string of the molecule is CCOc1ccccc1-c1noc(COC(=O)[C@H](C)NS(=O)(=O)c2ccc(OC)cc2)n1. The Labute approximate surface area is 185 Å². The molecule has 11 heteroatoms. The van der Waals surface area contributed by atoms with Gasteiger partial charge in [-0.2, -0.15) is 9.71 Å². The van der Waals surface area contributed by atoms with Crippen LogP contribution in [0.5, 0.6) is 11.5 Å². The molecular formula is C21H23N3O7S. The van der Waals surface area contributed by atoms with Gasteiger partial charge in [-0.15, -0.1) is 0 Å². The van der Waals surface area contributed by atoms with Crippen LogP contribution in [0.25, 0.3) is 11.4 Å². The van der Waals surface area contributed by atoms with Crippen molar-refractivity contribution >= 4 is 16.0 Å². The second-order valence-electron chi connectivity index (χ2n) is 6.57. The first-order valence-electron chi connectivity index (χ1n) is 9.72. The molecule has 0 amide bonds. The molecule has 0 aliphatic carbocycles. The Balaban J connectivity index is 1.60. The van der Waals surface area contributed by atoms with Crippen molar-refractivity contribution in [1.82, 2.24) is 14.9 Å². The number of para-hydroxylation sites is 1. The van der Waals surface area contributed by atoms with Crippen molar-refractivity contribution in [2.24, 2.45) is 0 Å². The normalized spacial score (nSPS) is 12.2. The third kappa shape index (κ3) is 5.62. The number of carbonyl (C=O) groups excluding carboxylic acids is 1. The number of nitrogens with zero attached hydrogens (tertiary/aromatic N) is 2. The maximum atomic E-state index is 12.5. The van der Waals surface area contributed by atoms with Gasteiger partial charge in [0.1, 0.15) is 17.5 Å². The van der Waals surface area contributed by atoms with Crippen LogP contribution < -0.4 is 14.2 Å². The fourth-order valence-corrected chi connectivity index (χ4v) is 3.91. The highest BCUT2D eigenvalue weighted by Crippen LogP contribution is 2.27. The van der Waals surface area contributed by atoms with E-state index in [0.29, 0.717) is 23.7 Å². The van der Waals surface area contributed by atoms with Crippen molar-refractivity contribution in [3.8, 4) is 22.9 Å². The molecule has 0 unspecified atom stereocenters. The summed E-state index contributed by atoms with van der Waals surface area (Å²) in [5, 5.41) is 3.89. The maximum absolute atomic E-state index is 12.5. The van der Waals surface area contributed by atoms with E-state index in [9.17, 15) is 13.2 Å². The highest BCUT2D eigenvalue weighted by Gasteiger charge is 2.24. The molecule has 0 saturated carbocycles. The quantitative estimate of drug-likeness (QED) is 0.453. The van der Waals surface area contributed by atoms with Crippen LogP contribution >= 0.6 is 0 Å². The number of hydrogen-bond donors (Lipinski definition) is 1. The minimum Gasteiger partial charge on any atom is -0.497 e. The van der Waals surface area contributed by atoms with E-state index < -0.39 is 22.0 Å². The molecule has 2 aromatic carbocycles. The Morgan fingerprint density at radius 1 is 1.16 bits per heavy atom. The molecule has 10 nitrogen and oxygen atoms in total. The fraction of sp³-hybridized carbons (Fsp3) is 0.286. The van der Waals surface area contributed by atoms with Crippen LogP contribution in [0.2, 0.25) is 0 Å². The second kappa shape index (κ2) is 10.2. The summed E-state index contributed by atoms with van der Waals surface area (Å²) in [5.74, 6) is 0.662. The van der Waals surface area contributed by atoms with Crippen molar-refractivity contribution in [1.29, 1.82) is 0 Å². The highest BCUT2D eigenvalue weighted by molar-refractivity contribution is 7.89. The van der Waals surface area contributed by atoms with E-state index in [1.807, 2.05) is 19.1 Å². The molecule has 0 fully saturated rings. The van der Waals surface area contributed by atoms with E-state index in [-0.39, 0.29) is 23.2 Å². The Bertz CT molecular complexity index is 1160. The van der Waals surface area contributed by atoms with E-state index in [1.165, 1.54) is 38.3 Å². The Morgan fingerprint density at radius 2 is 1.88 bits per heavy atom. The molecule has 0 spiro atoms. The average molecular weight is 461 g/mol. The molecular weight excluding hydrogens is 438 g/mol. The fourth-order valence-electron chi connectivity index (χ4n) is 2.72. The molecule has 3 aromatic rings. The Kier molecular flexibility index (Phi) is 7.44. The van der Waals surface area contributed by atoms with Crippen molar-refractivity contribution in [3.63, 3.8) is 0 Å². The predicted octanol–water partition coefficient (Wildman–Crippen LogP) is 2.55. The predicted molar refractivity (Wildman–Crippen MR) is 113 cm³/mol. The number of ether oxygens (including phenoxy) is 3. The maximum Gasteiger partial charge on any atom is 0.324 e. The summed E-state index contributed by atoms with van der Waals surface area (Å²) < 4.78 is 48.0. The first-order valence-corrected chi connectivity index (χ1v) is 11.2. The lowest BCUT2D eigenvalue weighted by molar-refractivity contribution is -0.147. The average Bonchev–Trinajstić information content (AvgIpc) is 3.26. The first-order chi connectivity index (χ1) is 15.3. The summed E-state index contributed by atoms with van der Waals surface area (Å²) in [6, 6.07) is 11.8. The van der Waals surface area contributed by atoms with Gasteiger partial charge in [0.25, 0.3) is 5.89 Å². The largest absolute Gasteiger partial charge is 0.497 e. The zero-order valence-corrected chi connectivity index (χ0v) is 18.6. The molecule has 0 aliphatic heterocycles. The Morgan fingerprint density at radius 3 is 2.56 bits per heavy atom. The number of nitrogens with one attached hydrogen (secondary N) is 1. The Hall–Kier alpha value is -3.44. The number of rotatable bonds is 10. The number of aromatic nitrogens is 2. The highest BCUT2D eigenvalue weighted by atomic mass is 32.2. The van der Waals surface area contributed by atoms with Gasteiger partial charge in [-0.05, 0) is 50.2 Å². The van der Waals surface area contributed by atoms with Gasteiger partial charge in [0, 0.05) is 0 Å². The molecule has 1 atom stereocenters. The summed E-state index contributed by atoms with van der Waals surface area (Å²) in [6.07, 6.45) is 0. The van der Waals surface area contributed by atoms with Crippen molar-refractivity contribution < 1.29 is 31.9 Å². The van der Waals surface area contributed by atoms with Gasteiger partial charge >= 0.3 is 5.97 Å². The molecule has 32 heavy (non-hydrogen) atoms. The van der Waals surface area contributed by atoms with Crippen molar-refractivity contribution in [2.45, 2.75) is 31.4 Å². The molecule has 3 rings (SSSR count). The van der Waals surface area contributed by atoms with Crippen LogP contribution in [0.1, 0.15) is 19.7 Å². The molecule has 170 valence electrons. The van der Waals surface area contributed by atoms with E-state index in [1.54, 1.807) is 12.1 Å². The molecule has 1 heterocycles. The zero-order valence-electron chi connectivity index (χ0n) is 17.8. The summed E-state index contributed by atoms with van der Waals surface area (Å²) in [6.45, 7) is 3.41. The van der Waals surface area contributed by atoms with Crippen molar-refractivity contribution in [3.05, 3.63) is 54.4 Å². The molecule has 0 radical (unpaired) electrons. The van der Waals surface area contributed by atoms with Gasteiger partial charge in [0.05, 0.1) is 24.2 Å². The van der Waals surface area contributed by atoms with E-state index in [0.717, 1.165) is 0 Å². The molecule has 0 bridgehead atoms. The minimum atomic E-state index is -3.93. The number of esters is 1. The van der Waals surface area contributed by atoms with Gasteiger partial charge in [-0.25, -0.2) is 8.42 Å². The minimum absolute atomic E-state index is 0.00698. The summed E-state index contributed by atoms with van der Waals surface area (Å²) in [4.78, 5) is 16.5. The summed E-state index contributed by atoms with van der Waals surface area (Å²) in [7, 11) is -2.45. The van der Waals surface area contributed by atoms with Gasteiger partial charge in [-0.3, -0.25) is 4.79 Å². The van der Waals surface area contributed by atoms with Crippen LogP contribution in [0.4, 0.5) is 0 Å². The van der Waals surface area contributed by atoms with Crippen LogP contribution in [-0.2, 0) is 26.2 Å². The number of sulfonamides is 1. The third-order valence-electron chi connectivity index (χ3n) is 4.29. The number of methoxy groups -OCH3 is 1. The third-order valence-corrected chi connectivity index (χ3v) is 5.85. The standard InChI is InChI=1S/C21H23N3O7S/c1-4-29-18-8-6-5-7-17(18)20-22-19(31-23-20)13-30-21(25)14(2)24-32(26,27)16-11-9-15(28-3)10-12-16/h5-12,14,24H,4,13H2,1-3H3/t14-/m0/s1. The number of benzene rings is 2. The lowest BCUT2D eigenvalue weighted by Crippen LogP contribution is -2.39. The van der Waals surface area contributed by atoms with E-state index >= 15 is 0 Å². The summed E-state index contributed by atoms with van der Waals surface area (Å²) >= 11 is 0. The summed E-state index contributed by atoms with van der Waals surface area (Å²) in [5.41, 5.74) is 0.635. The van der Waals surface area contributed by atoms with Gasteiger partial charge in [0.15, 0.2) is 6.61 Å². The monoisotopic (exact) mass is 461 g/mol. The van der Waals surface area contributed by atoms with Gasteiger partial charge in [-0.1, -0.05) is 17.3 Å². The van der Waals surface area contributed by atoms with Gasteiger partial charge < -0.3 is 18.7 Å². The second-order valence-corrected chi connectivity index (χ2v) is 8.28. The molecule has 1 aromatic heterocycles. The van der Waals surface area contributed by atoms with Crippen LogP contribution in [-0.4, -0.2) is 44.3 Å². The van der Waals surface area contributed by atoms with Crippen molar-refractivity contribution in [2.75, 3.05) is 13.7 Å². The lowest BCUT2D eigenvalue weighted by atomic mass is 10.2. The topological polar surface area (TPSA) is 130 Å². The molecule has 0 aliphatic rings. The van der Waals surface area contributed by atoms with E-state index in [4.69, 9.17) is 18.7 Å². The van der Waals surface area contributed by atoms with Crippen LogP contribution in [0.3, 0.4) is 0 Å².